The molecule has 6 heteroatoms. The summed E-state index contributed by atoms with van der Waals surface area (Å²) in [6, 6.07) is 6.80. The summed E-state index contributed by atoms with van der Waals surface area (Å²) >= 11 is 1.63. The smallest absolute Gasteiger partial charge is 0.321 e. The molecule has 0 fully saturated rings. The van der Waals surface area contributed by atoms with Crippen LogP contribution in [-0.2, 0) is 4.79 Å². The lowest BCUT2D eigenvalue weighted by Gasteiger charge is -2.15. The molecule has 1 aromatic carbocycles. The van der Waals surface area contributed by atoms with Crippen molar-refractivity contribution < 1.29 is 9.59 Å². The average molecular weight is 281 g/mol. The largest absolute Gasteiger partial charge is 0.374 e. The Kier molecular flexibility index (Phi) is 6.21. The predicted molar refractivity (Wildman–Crippen MR) is 78.5 cm³/mol. The first kappa shape index (κ1) is 15.4. The summed E-state index contributed by atoms with van der Waals surface area (Å²) < 4.78 is 0. The van der Waals surface area contributed by atoms with Gasteiger partial charge in [0.05, 0.1) is 0 Å². The van der Waals surface area contributed by atoms with Gasteiger partial charge in [-0.15, -0.1) is 11.8 Å². The van der Waals surface area contributed by atoms with Gasteiger partial charge in [0.1, 0.15) is 6.04 Å². The molecular weight excluding hydrogens is 262 g/mol. The van der Waals surface area contributed by atoms with Gasteiger partial charge in [-0.2, -0.15) is 0 Å². The van der Waals surface area contributed by atoms with Gasteiger partial charge < -0.3 is 10.6 Å². The molecule has 0 aliphatic heterocycles. The van der Waals surface area contributed by atoms with Gasteiger partial charge in [0.2, 0.25) is 5.91 Å². The van der Waals surface area contributed by atoms with E-state index in [9.17, 15) is 9.59 Å². The highest BCUT2D eigenvalue weighted by molar-refractivity contribution is 7.98. The Labute approximate surface area is 117 Å². The van der Waals surface area contributed by atoms with Crippen molar-refractivity contribution in [2.75, 3.05) is 18.1 Å². The zero-order valence-electron chi connectivity index (χ0n) is 11.3. The topological polar surface area (TPSA) is 70.2 Å². The standard InChI is InChI=1S/C13H19N3O2S/c1-4-14-13(18)16-12(17)9(2)15-10-6-5-7-11(8-10)19-3/h5-9,15H,4H2,1-3H3,(H2,14,16,17,18). The van der Waals surface area contributed by atoms with E-state index in [2.05, 4.69) is 16.0 Å². The summed E-state index contributed by atoms with van der Waals surface area (Å²) in [5, 5.41) is 7.84. The Balaban J connectivity index is 2.55. The van der Waals surface area contributed by atoms with Crippen LogP contribution in [0.1, 0.15) is 13.8 Å². The summed E-state index contributed by atoms with van der Waals surface area (Å²) in [7, 11) is 0. The number of nitrogens with one attached hydrogen (secondary N) is 3. The second-order valence-electron chi connectivity index (χ2n) is 3.95. The molecule has 0 aliphatic rings. The second-order valence-corrected chi connectivity index (χ2v) is 4.83. The highest BCUT2D eigenvalue weighted by atomic mass is 32.2. The third kappa shape index (κ3) is 5.21. The first-order valence-electron chi connectivity index (χ1n) is 6.06. The highest BCUT2D eigenvalue weighted by Crippen LogP contribution is 2.19. The van der Waals surface area contributed by atoms with Crippen LogP contribution in [0.5, 0.6) is 0 Å². The number of thioether (sulfide) groups is 1. The van der Waals surface area contributed by atoms with E-state index in [1.54, 1.807) is 25.6 Å². The fourth-order valence-corrected chi connectivity index (χ4v) is 1.91. The maximum absolute atomic E-state index is 11.7. The summed E-state index contributed by atoms with van der Waals surface area (Å²) in [6.45, 7) is 3.98. The molecule has 3 N–H and O–H groups in total. The number of hydrogen-bond acceptors (Lipinski definition) is 4. The highest BCUT2D eigenvalue weighted by Gasteiger charge is 2.15. The van der Waals surface area contributed by atoms with Crippen LogP contribution in [-0.4, -0.2) is 30.8 Å². The minimum absolute atomic E-state index is 0.361. The summed E-state index contributed by atoms with van der Waals surface area (Å²) in [5.41, 5.74) is 0.852. The molecule has 1 aromatic rings. The van der Waals surface area contributed by atoms with E-state index < -0.39 is 12.1 Å². The molecule has 0 spiro atoms. The zero-order chi connectivity index (χ0) is 14.3. The van der Waals surface area contributed by atoms with Crippen LogP contribution in [0.4, 0.5) is 10.5 Å². The van der Waals surface area contributed by atoms with Gasteiger partial charge in [-0.05, 0) is 38.3 Å². The maximum atomic E-state index is 11.7. The van der Waals surface area contributed by atoms with Crippen LogP contribution in [0.3, 0.4) is 0 Å². The van der Waals surface area contributed by atoms with Crippen molar-refractivity contribution in [3.05, 3.63) is 24.3 Å². The average Bonchev–Trinajstić information content (AvgIpc) is 2.39. The van der Waals surface area contributed by atoms with E-state index >= 15 is 0 Å². The van der Waals surface area contributed by atoms with Crippen molar-refractivity contribution >= 4 is 29.4 Å². The number of carbonyl (C=O) groups excluding carboxylic acids is 2. The van der Waals surface area contributed by atoms with E-state index in [0.29, 0.717) is 6.54 Å². The van der Waals surface area contributed by atoms with E-state index in [1.165, 1.54) is 0 Å². The molecule has 0 saturated heterocycles. The quantitative estimate of drug-likeness (QED) is 0.723. The van der Waals surface area contributed by atoms with Crippen molar-refractivity contribution in [3.63, 3.8) is 0 Å². The van der Waals surface area contributed by atoms with Crippen LogP contribution < -0.4 is 16.0 Å². The van der Waals surface area contributed by atoms with E-state index in [1.807, 2.05) is 30.5 Å². The molecule has 1 rings (SSSR count). The molecule has 1 atom stereocenters. The van der Waals surface area contributed by atoms with E-state index in [0.717, 1.165) is 10.6 Å². The number of benzene rings is 1. The van der Waals surface area contributed by atoms with E-state index in [-0.39, 0.29) is 5.91 Å². The van der Waals surface area contributed by atoms with Gasteiger partial charge in [0.25, 0.3) is 0 Å². The number of anilines is 1. The monoisotopic (exact) mass is 281 g/mol. The first-order valence-corrected chi connectivity index (χ1v) is 7.28. The Morgan fingerprint density at radius 1 is 1.37 bits per heavy atom. The molecule has 0 heterocycles. The predicted octanol–water partition coefficient (Wildman–Crippen LogP) is 2.05. The van der Waals surface area contributed by atoms with Gasteiger partial charge in [-0.25, -0.2) is 4.79 Å². The molecule has 0 saturated carbocycles. The third-order valence-corrected chi connectivity index (χ3v) is 3.15. The number of imide groups is 1. The summed E-state index contributed by atoms with van der Waals surface area (Å²) in [5.74, 6) is -0.361. The second kappa shape index (κ2) is 7.68. The Morgan fingerprint density at radius 2 is 2.11 bits per heavy atom. The summed E-state index contributed by atoms with van der Waals surface area (Å²) in [4.78, 5) is 24.1. The first-order chi connectivity index (χ1) is 9.06. The van der Waals surface area contributed by atoms with Gasteiger partial charge in [-0.1, -0.05) is 6.07 Å². The van der Waals surface area contributed by atoms with Gasteiger partial charge >= 0.3 is 6.03 Å². The molecule has 19 heavy (non-hydrogen) atoms. The van der Waals surface area contributed by atoms with E-state index in [4.69, 9.17) is 0 Å². The van der Waals surface area contributed by atoms with Crippen LogP contribution in [0.25, 0.3) is 0 Å². The third-order valence-electron chi connectivity index (χ3n) is 2.42. The lowest BCUT2D eigenvalue weighted by atomic mass is 10.2. The van der Waals surface area contributed by atoms with Crippen molar-refractivity contribution in [1.82, 2.24) is 10.6 Å². The van der Waals surface area contributed by atoms with Crippen LogP contribution in [0.15, 0.2) is 29.2 Å². The molecule has 5 nitrogen and oxygen atoms in total. The van der Waals surface area contributed by atoms with Gasteiger partial charge in [-0.3, -0.25) is 10.1 Å². The summed E-state index contributed by atoms with van der Waals surface area (Å²) in [6.07, 6.45) is 1.99. The minimum atomic E-state index is -0.486. The van der Waals surface area contributed by atoms with Gasteiger partial charge in [0, 0.05) is 17.1 Å². The van der Waals surface area contributed by atoms with Crippen molar-refractivity contribution in [2.24, 2.45) is 0 Å². The fraction of sp³-hybridized carbons (Fsp3) is 0.385. The van der Waals surface area contributed by atoms with Crippen LogP contribution >= 0.6 is 11.8 Å². The fourth-order valence-electron chi connectivity index (χ4n) is 1.45. The van der Waals surface area contributed by atoms with Crippen molar-refractivity contribution in [2.45, 2.75) is 24.8 Å². The number of amides is 3. The number of hydrogen-bond donors (Lipinski definition) is 3. The molecule has 3 amide bonds. The number of rotatable bonds is 5. The number of urea groups is 1. The van der Waals surface area contributed by atoms with Crippen molar-refractivity contribution in [1.29, 1.82) is 0 Å². The normalized spacial score (nSPS) is 11.5. The maximum Gasteiger partial charge on any atom is 0.321 e. The lowest BCUT2D eigenvalue weighted by molar-refractivity contribution is -0.120. The molecule has 0 aliphatic carbocycles. The minimum Gasteiger partial charge on any atom is -0.374 e. The van der Waals surface area contributed by atoms with Gasteiger partial charge in [0.15, 0.2) is 0 Å². The molecule has 0 bridgehead atoms. The molecule has 104 valence electrons. The molecule has 0 aromatic heterocycles. The van der Waals surface area contributed by atoms with Crippen molar-refractivity contribution in [3.8, 4) is 0 Å². The Hall–Kier alpha value is -1.69. The zero-order valence-corrected chi connectivity index (χ0v) is 12.1. The number of carbonyl (C=O) groups is 2. The lowest BCUT2D eigenvalue weighted by Crippen LogP contribution is -2.45. The SMILES string of the molecule is CCNC(=O)NC(=O)C(C)Nc1cccc(SC)c1. The Bertz CT molecular complexity index is 451. The van der Waals surface area contributed by atoms with Crippen LogP contribution in [0, 0.1) is 0 Å². The molecule has 1 unspecified atom stereocenters. The van der Waals surface area contributed by atoms with Crippen LogP contribution in [0.2, 0.25) is 0 Å². The Morgan fingerprint density at radius 3 is 2.74 bits per heavy atom. The molecular formula is C13H19N3O2S. The molecule has 0 radical (unpaired) electrons.